The lowest BCUT2D eigenvalue weighted by atomic mass is 10.1. The number of carbonyl (C=O) groups is 2. The van der Waals surface area contributed by atoms with Gasteiger partial charge in [0.2, 0.25) is 5.91 Å². The van der Waals surface area contributed by atoms with Gasteiger partial charge in [0.15, 0.2) is 6.04 Å². The molecule has 0 radical (unpaired) electrons. The molecule has 0 fully saturated rings. The van der Waals surface area contributed by atoms with Gasteiger partial charge in [-0.15, -0.1) is 0 Å². The van der Waals surface area contributed by atoms with E-state index < -0.39 is 17.9 Å². The van der Waals surface area contributed by atoms with Crippen LogP contribution in [-0.4, -0.2) is 22.1 Å². The van der Waals surface area contributed by atoms with Crippen LogP contribution in [0.15, 0.2) is 28.8 Å². The molecule has 116 valence electrons. The first kappa shape index (κ1) is 16.0. The molecule has 0 aliphatic carbocycles. The number of aromatic nitrogens is 1. The highest BCUT2D eigenvalue weighted by atomic mass is 35.5. The quantitative estimate of drug-likeness (QED) is 0.882. The third-order valence-corrected chi connectivity index (χ3v) is 3.53. The number of nitrogens with zero attached hydrogens (tertiary/aromatic N) is 1. The largest absolute Gasteiger partial charge is 0.479 e. The summed E-state index contributed by atoms with van der Waals surface area (Å²) in [6.07, 6.45) is 0.0124. The SMILES string of the molecule is Cc1noc(C)c1CC(=O)NC(C(=O)O)c1ccc(Cl)cc1. The van der Waals surface area contributed by atoms with Gasteiger partial charge in [0.25, 0.3) is 0 Å². The van der Waals surface area contributed by atoms with E-state index >= 15 is 0 Å². The van der Waals surface area contributed by atoms with Crippen molar-refractivity contribution >= 4 is 23.5 Å². The molecule has 0 saturated heterocycles. The molecule has 22 heavy (non-hydrogen) atoms. The third kappa shape index (κ3) is 3.65. The van der Waals surface area contributed by atoms with Gasteiger partial charge in [-0.05, 0) is 31.5 Å². The molecule has 0 bridgehead atoms. The summed E-state index contributed by atoms with van der Waals surface area (Å²) in [5.74, 6) is -1.02. The molecule has 0 aliphatic rings. The Kier molecular flexibility index (Phi) is 4.82. The number of hydrogen-bond acceptors (Lipinski definition) is 4. The predicted octanol–water partition coefficient (Wildman–Crippen LogP) is 2.43. The Balaban J connectivity index is 2.13. The summed E-state index contributed by atoms with van der Waals surface area (Å²) in [6.45, 7) is 3.43. The molecule has 7 heteroatoms. The fourth-order valence-corrected chi connectivity index (χ4v) is 2.20. The number of benzene rings is 1. The summed E-state index contributed by atoms with van der Waals surface area (Å²) >= 11 is 5.78. The van der Waals surface area contributed by atoms with E-state index in [0.29, 0.717) is 27.6 Å². The van der Waals surface area contributed by atoms with Gasteiger partial charge in [-0.3, -0.25) is 4.79 Å². The molecule has 1 atom stereocenters. The third-order valence-electron chi connectivity index (χ3n) is 3.27. The molecule has 1 amide bonds. The second-order valence-corrected chi connectivity index (χ2v) is 5.31. The number of nitrogens with one attached hydrogen (secondary N) is 1. The van der Waals surface area contributed by atoms with E-state index in [1.807, 2.05) is 0 Å². The number of amides is 1. The van der Waals surface area contributed by atoms with Crippen LogP contribution in [0, 0.1) is 13.8 Å². The van der Waals surface area contributed by atoms with Crippen LogP contribution in [0.5, 0.6) is 0 Å². The molecule has 1 aromatic carbocycles. The lowest BCUT2D eigenvalue weighted by Crippen LogP contribution is -2.34. The maximum atomic E-state index is 12.1. The zero-order chi connectivity index (χ0) is 16.3. The molecular formula is C15H15ClN2O4. The zero-order valence-corrected chi connectivity index (χ0v) is 12.8. The average Bonchev–Trinajstić information content (AvgIpc) is 2.77. The number of rotatable bonds is 5. The van der Waals surface area contributed by atoms with Crippen LogP contribution in [-0.2, 0) is 16.0 Å². The number of carboxylic acids is 1. The van der Waals surface area contributed by atoms with Gasteiger partial charge in [0.05, 0.1) is 12.1 Å². The van der Waals surface area contributed by atoms with Crippen molar-refractivity contribution in [2.75, 3.05) is 0 Å². The lowest BCUT2D eigenvalue weighted by Gasteiger charge is -2.15. The van der Waals surface area contributed by atoms with Crippen LogP contribution in [0.25, 0.3) is 0 Å². The second-order valence-electron chi connectivity index (χ2n) is 4.87. The smallest absolute Gasteiger partial charge is 0.330 e. The summed E-state index contributed by atoms with van der Waals surface area (Å²) < 4.78 is 4.99. The fraction of sp³-hybridized carbons (Fsp3) is 0.267. The van der Waals surface area contributed by atoms with Crippen molar-refractivity contribution in [1.29, 1.82) is 0 Å². The minimum absolute atomic E-state index is 0.0124. The van der Waals surface area contributed by atoms with Crippen molar-refractivity contribution in [3.63, 3.8) is 0 Å². The number of aliphatic carboxylic acids is 1. The number of halogens is 1. The monoisotopic (exact) mass is 322 g/mol. The Morgan fingerprint density at radius 2 is 1.95 bits per heavy atom. The first-order valence-electron chi connectivity index (χ1n) is 6.58. The first-order chi connectivity index (χ1) is 10.4. The highest BCUT2D eigenvalue weighted by Gasteiger charge is 2.23. The van der Waals surface area contributed by atoms with Crippen molar-refractivity contribution in [2.24, 2.45) is 0 Å². The topological polar surface area (TPSA) is 92.4 Å². The van der Waals surface area contributed by atoms with Gasteiger partial charge in [-0.1, -0.05) is 28.9 Å². The number of aryl methyl sites for hydroxylation is 2. The van der Waals surface area contributed by atoms with E-state index in [1.165, 1.54) is 0 Å². The number of hydrogen-bond donors (Lipinski definition) is 2. The molecule has 1 aromatic heterocycles. The predicted molar refractivity (Wildman–Crippen MR) is 79.7 cm³/mol. The van der Waals surface area contributed by atoms with E-state index in [1.54, 1.807) is 38.1 Å². The van der Waals surface area contributed by atoms with Crippen LogP contribution in [0.2, 0.25) is 5.02 Å². The van der Waals surface area contributed by atoms with E-state index in [4.69, 9.17) is 16.1 Å². The van der Waals surface area contributed by atoms with Crippen molar-refractivity contribution in [2.45, 2.75) is 26.3 Å². The maximum absolute atomic E-state index is 12.1. The van der Waals surface area contributed by atoms with Crippen LogP contribution >= 0.6 is 11.6 Å². The van der Waals surface area contributed by atoms with Gasteiger partial charge in [0.1, 0.15) is 5.76 Å². The normalized spacial score (nSPS) is 12.0. The standard InChI is InChI=1S/C15H15ClN2O4/c1-8-12(9(2)22-18-8)7-13(19)17-14(15(20)21)10-3-5-11(16)6-4-10/h3-6,14H,7H2,1-2H3,(H,17,19)(H,20,21). The van der Waals surface area contributed by atoms with Crippen molar-refractivity contribution < 1.29 is 19.2 Å². The van der Waals surface area contributed by atoms with Crippen molar-refractivity contribution in [1.82, 2.24) is 10.5 Å². The Bertz CT molecular complexity index is 675. The van der Waals surface area contributed by atoms with Crippen LogP contribution in [0.3, 0.4) is 0 Å². The summed E-state index contributed by atoms with van der Waals surface area (Å²) in [5, 5.41) is 16.1. The zero-order valence-electron chi connectivity index (χ0n) is 12.1. The molecule has 2 rings (SSSR count). The van der Waals surface area contributed by atoms with Gasteiger partial charge >= 0.3 is 5.97 Å². The van der Waals surface area contributed by atoms with Crippen LogP contribution < -0.4 is 5.32 Å². The Hall–Kier alpha value is -2.34. The van der Waals surface area contributed by atoms with Gasteiger partial charge in [-0.2, -0.15) is 0 Å². The minimum atomic E-state index is -1.14. The Morgan fingerprint density at radius 1 is 1.32 bits per heavy atom. The fourth-order valence-electron chi connectivity index (χ4n) is 2.07. The maximum Gasteiger partial charge on any atom is 0.330 e. The molecule has 1 heterocycles. The minimum Gasteiger partial charge on any atom is -0.479 e. The van der Waals surface area contributed by atoms with E-state index in [-0.39, 0.29) is 6.42 Å². The van der Waals surface area contributed by atoms with Crippen molar-refractivity contribution in [3.8, 4) is 0 Å². The number of carboxylic acid groups (broad SMARTS) is 1. The van der Waals surface area contributed by atoms with Crippen LogP contribution in [0.1, 0.15) is 28.6 Å². The molecule has 6 nitrogen and oxygen atoms in total. The average molecular weight is 323 g/mol. The van der Waals surface area contributed by atoms with Crippen molar-refractivity contribution in [3.05, 3.63) is 51.9 Å². The molecule has 0 spiro atoms. The van der Waals surface area contributed by atoms with Gasteiger partial charge in [-0.25, -0.2) is 4.79 Å². The van der Waals surface area contributed by atoms with E-state index in [2.05, 4.69) is 10.5 Å². The Labute approximate surface area is 132 Å². The highest BCUT2D eigenvalue weighted by Crippen LogP contribution is 2.18. The second kappa shape index (κ2) is 6.62. The summed E-state index contributed by atoms with van der Waals surface area (Å²) in [7, 11) is 0. The lowest BCUT2D eigenvalue weighted by molar-refractivity contribution is -0.141. The van der Waals surface area contributed by atoms with E-state index in [0.717, 1.165) is 0 Å². The van der Waals surface area contributed by atoms with Gasteiger partial charge in [0, 0.05) is 10.6 Å². The number of carbonyl (C=O) groups excluding carboxylic acids is 1. The molecule has 0 saturated carbocycles. The van der Waals surface area contributed by atoms with Crippen LogP contribution in [0.4, 0.5) is 0 Å². The molecule has 2 N–H and O–H groups in total. The molecule has 2 aromatic rings. The first-order valence-corrected chi connectivity index (χ1v) is 6.95. The van der Waals surface area contributed by atoms with E-state index in [9.17, 15) is 14.7 Å². The molecular weight excluding hydrogens is 308 g/mol. The summed E-state index contributed by atoms with van der Waals surface area (Å²) in [6, 6.07) is 5.15. The Morgan fingerprint density at radius 3 is 2.45 bits per heavy atom. The molecule has 1 unspecified atom stereocenters. The summed E-state index contributed by atoms with van der Waals surface area (Å²) in [4.78, 5) is 23.5. The molecule has 0 aliphatic heterocycles. The summed E-state index contributed by atoms with van der Waals surface area (Å²) in [5.41, 5.74) is 1.73. The van der Waals surface area contributed by atoms with Gasteiger partial charge < -0.3 is 14.9 Å². The highest BCUT2D eigenvalue weighted by molar-refractivity contribution is 6.30.